The van der Waals surface area contributed by atoms with E-state index in [1.54, 1.807) is 9.58 Å². The van der Waals surface area contributed by atoms with Gasteiger partial charge < -0.3 is 14.7 Å². The minimum absolute atomic E-state index is 0.0376. The number of urea groups is 1. The molecule has 7 heteroatoms. The fraction of sp³-hybridized carbons (Fsp3) is 0.474. The number of benzene rings is 1. The maximum atomic E-state index is 12.8. The molecular formula is C19H26N4O3. The van der Waals surface area contributed by atoms with Gasteiger partial charge in [0.2, 0.25) is 0 Å². The van der Waals surface area contributed by atoms with Gasteiger partial charge >= 0.3 is 6.03 Å². The van der Waals surface area contributed by atoms with Gasteiger partial charge in [0.15, 0.2) is 0 Å². The van der Waals surface area contributed by atoms with Crippen molar-refractivity contribution in [2.24, 2.45) is 7.05 Å². The third-order valence-electron chi connectivity index (χ3n) is 4.46. The Hall–Kier alpha value is -2.54. The van der Waals surface area contributed by atoms with Crippen LogP contribution in [-0.4, -0.2) is 39.0 Å². The predicted molar refractivity (Wildman–Crippen MR) is 99.2 cm³/mol. The molecule has 0 spiro atoms. The Kier molecular flexibility index (Phi) is 4.91. The van der Waals surface area contributed by atoms with Gasteiger partial charge in [-0.2, -0.15) is 5.10 Å². The molecule has 26 heavy (non-hydrogen) atoms. The first-order valence-electron chi connectivity index (χ1n) is 8.74. The lowest BCUT2D eigenvalue weighted by atomic mass is 9.92. The van der Waals surface area contributed by atoms with Gasteiger partial charge in [0.05, 0.1) is 25.4 Å². The van der Waals surface area contributed by atoms with E-state index in [9.17, 15) is 9.90 Å². The first kappa shape index (κ1) is 18.3. The quantitative estimate of drug-likeness (QED) is 0.865. The topological polar surface area (TPSA) is 79.6 Å². The zero-order chi connectivity index (χ0) is 18.9. The van der Waals surface area contributed by atoms with E-state index in [1.165, 1.54) is 0 Å². The molecule has 3 rings (SSSR count). The molecule has 1 aliphatic heterocycles. The van der Waals surface area contributed by atoms with Crippen molar-refractivity contribution in [3.05, 3.63) is 41.1 Å². The van der Waals surface area contributed by atoms with Crippen molar-refractivity contribution in [1.82, 2.24) is 14.7 Å². The van der Waals surface area contributed by atoms with Gasteiger partial charge in [-0.3, -0.25) is 10.00 Å². The number of hydrogen-bond acceptors (Lipinski definition) is 4. The molecule has 0 bridgehead atoms. The van der Waals surface area contributed by atoms with E-state index in [2.05, 4.69) is 31.2 Å². The molecular weight excluding hydrogens is 332 g/mol. The highest BCUT2D eigenvalue weighted by Crippen LogP contribution is 2.26. The summed E-state index contributed by atoms with van der Waals surface area (Å²) < 4.78 is 7.42. The number of rotatable bonds is 2. The molecule has 0 unspecified atom stereocenters. The number of carbonyl (C=O) groups is 1. The van der Waals surface area contributed by atoms with Gasteiger partial charge in [0.1, 0.15) is 18.2 Å². The first-order chi connectivity index (χ1) is 12.3. The normalized spacial score (nSPS) is 14.4. The largest absolute Gasteiger partial charge is 0.491 e. The van der Waals surface area contributed by atoms with Crippen molar-refractivity contribution in [3.63, 3.8) is 0 Å². The summed E-state index contributed by atoms with van der Waals surface area (Å²) in [7, 11) is 1.82. The number of anilines is 1. The number of carbonyl (C=O) groups excluding carboxylic acids is 1. The van der Waals surface area contributed by atoms with Crippen LogP contribution in [0.1, 0.15) is 37.6 Å². The fourth-order valence-corrected chi connectivity index (χ4v) is 2.86. The highest BCUT2D eigenvalue weighted by molar-refractivity contribution is 5.88. The molecule has 0 aliphatic carbocycles. The highest BCUT2D eigenvalue weighted by atomic mass is 16.5. The molecule has 0 radical (unpaired) electrons. The molecule has 0 saturated carbocycles. The first-order valence-corrected chi connectivity index (χ1v) is 8.74. The average molecular weight is 358 g/mol. The van der Waals surface area contributed by atoms with Gasteiger partial charge in [-0.1, -0.05) is 26.8 Å². The highest BCUT2D eigenvalue weighted by Gasteiger charge is 2.23. The Labute approximate surface area is 153 Å². The van der Waals surface area contributed by atoms with Crippen molar-refractivity contribution in [2.45, 2.75) is 39.3 Å². The molecule has 0 saturated heterocycles. The Morgan fingerprint density at radius 1 is 1.35 bits per heavy atom. The monoisotopic (exact) mass is 358 g/mol. The standard InChI is InChI=1S/C19H26N4O3/c1-19(2,3)16-10-17(22(4)21-16)20-18(25)23-7-8-26-15-6-5-13(12-24)9-14(15)11-23/h5-6,9-10,24H,7-8,11-12H2,1-4H3,(H,20,25). The third-order valence-corrected chi connectivity index (χ3v) is 4.46. The second kappa shape index (κ2) is 6.99. The lowest BCUT2D eigenvalue weighted by Gasteiger charge is -2.20. The number of nitrogens with zero attached hydrogens (tertiary/aromatic N) is 3. The SMILES string of the molecule is Cn1nc(C(C)(C)C)cc1NC(=O)N1CCOc2ccc(CO)cc2C1. The van der Waals surface area contributed by atoms with E-state index in [0.29, 0.717) is 25.5 Å². The summed E-state index contributed by atoms with van der Waals surface area (Å²) >= 11 is 0. The zero-order valence-corrected chi connectivity index (χ0v) is 15.7. The Bertz CT molecular complexity index is 808. The molecule has 1 aromatic heterocycles. The number of nitrogens with one attached hydrogen (secondary N) is 1. The second-order valence-electron chi connectivity index (χ2n) is 7.59. The maximum absolute atomic E-state index is 12.8. The molecule has 1 aliphatic rings. The van der Waals surface area contributed by atoms with Gasteiger partial charge in [0, 0.05) is 24.1 Å². The van der Waals surface area contributed by atoms with E-state index in [1.807, 2.05) is 31.3 Å². The van der Waals surface area contributed by atoms with Crippen molar-refractivity contribution in [1.29, 1.82) is 0 Å². The lowest BCUT2D eigenvalue weighted by Crippen LogP contribution is -2.36. The molecule has 2 aromatic rings. The van der Waals surface area contributed by atoms with Crippen LogP contribution in [0.2, 0.25) is 0 Å². The number of ether oxygens (including phenoxy) is 1. The minimum Gasteiger partial charge on any atom is -0.491 e. The molecule has 2 amide bonds. The van der Waals surface area contributed by atoms with E-state index in [0.717, 1.165) is 22.6 Å². The number of amides is 2. The minimum atomic E-state index is -0.195. The van der Waals surface area contributed by atoms with Crippen LogP contribution in [0, 0.1) is 0 Å². The molecule has 0 fully saturated rings. The number of aromatic nitrogens is 2. The van der Waals surface area contributed by atoms with Crippen molar-refractivity contribution < 1.29 is 14.6 Å². The predicted octanol–water partition coefficient (Wildman–Crippen LogP) is 2.64. The fourth-order valence-electron chi connectivity index (χ4n) is 2.86. The Morgan fingerprint density at radius 3 is 2.77 bits per heavy atom. The number of aryl methyl sites for hydroxylation is 1. The van der Waals surface area contributed by atoms with E-state index in [-0.39, 0.29) is 18.1 Å². The van der Waals surface area contributed by atoms with Crippen LogP contribution in [0.4, 0.5) is 10.6 Å². The number of fused-ring (bicyclic) bond motifs is 1. The van der Waals surface area contributed by atoms with Crippen LogP contribution in [-0.2, 0) is 25.6 Å². The molecule has 2 N–H and O–H groups in total. The van der Waals surface area contributed by atoms with E-state index >= 15 is 0 Å². The van der Waals surface area contributed by atoms with Crippen LogP contribution >= 0.6 is 0 Å². The van der Waals surface area contributed by atoms with Gasteiger partial charge in [-0.15, -0.1) is 0 Å². The number of hydrogen-bond donors (Lipinski definition) is 2. The van der Waals surface area contributed by atoms with Crippen LogP contribution in [0.5, 0.6) is 5.75 Å². The van der Waals surface area contributed by atoms with Crippen molar-refractivity contribution >= 4 is 11.8 Å². The van der Waals surface area contributed by atoms with Crippen LogP contribution in [0.3, 0.4) is 0 Å². The summed E-state index contributed by atoms with van der Waals surface area (Å²) in [4.78, 5) is 14.5. The maximum Gasteiger partial charge on any atom is 0.323 e. The Balaban J connectivity index is 1.76. The summed E-state index contributed by atoms with van der Waals surface area (Å²) in [5.41, 5.74) is 2.53. The van der Waals surface area contributed by atoms with Crippen LogP contribution in [0.15, 0.2) is 24.3 Å². The average Bonchev–Trinajstić information content (AvgIpc) is 2.83. The van der Waals surface area contributed by atoms with Crippen molar-refractivity contribution in [3.8, 4) is 5.75 Å². The Morgan fingerprint density at radius 2 is 2.12 bits per heavy atom. The van der Waals surface area contributed by atoms with Crippen LogP contribution in [0.25, 0.3) is 0 Å². The number of aliphatic hydroxyl groups excluding tert-OH is 1. The van der Waals surface area contributed by atoms with Gasteiger partial charge in [-0.05, 0) is 17.7 Å². The van der Waals surface area contributed by atoms with E-state index < -0.39 is 0 Å². The molecule has 140 valence electrons. The number of aliphatic hydroxyl groups is 1. The summed E-state index contributed by atoms with van der Waals surface area (Å²) in [6, 6.07) is 7.27. The zero-order valence-electron chi connectivity index (χ0n) is 15.7. The lowest BCUT2D eigenvalue weighted by molar-refractivity contribution is 0.200. The third kappa shape index (κ3) is 3.83. The smallest absolute Gasteiger partial charge is 0.323 e. The second-order valence-corrected chi connectivity index (χ2v) is 7.59. The van der Waals surface area contributed by atoms with Gasteiger partial charge in [0.25, 0.3) is 0 Å². The molecule has 2 heterocycles. The molecule has 0 atom stereocenters. The van der Waals surface area contributed by atoms with Gasteiger partial charge in [-0.25, -0.2) is 4.79 Å². The molecule has 1 aromatic carbocycles. The van der Waals surface area contributed by atoms with Crippen molar-refractivity contribution in [2.75, 3.05) is 18.5 Å². The molecule has 7 nitrogen and oxygen atoms in total. The summed E-state index contributed by atoms with van der Waals surface area (Å²) in [6.45, 7) is 7.56. The van der Waals surface area contributed by atoms with E-state index in [4.69, 9.17) is 4.74 Å². The summed E-state index contributed by atoms with van der Waals surface area (Å²) in [6.07, 6.45) is 0. The summed E-state index contributed by atoms with van der Waals surface area (Å²) in [5, 5.41) is 16.8. The van der Waals surface area contributed by atoms with Crippen LogP contribution < -0.4 is 10.1 Å². The summed E-state index contributed by atoms with van der Waals surface area (Å²) in [5.74, 6) is 1.42.